The van der Waals surface area contributed by atoms with E-state index >= 15 is 0 Å². The highest BCUT2D eigenvalue weighted by Crippen LogP contribution is 2.13. The number of carbonyl (C=O) groups is 1. The molecule has 0 aromatic heterocycles. The minimum Gasteiger partial charge on any atom is -0.497 e. The number of nitrogens with two attached hydrogens (primary N) is 1. The van der Waals surface area contributed by atoms with Gasteiger partial charge >= 0.3 is 6.09 Å². The molecule has 3 N–H and O–H groups in total. The number of rotatable bonds is 7. The van der Waals surface area contributed by atoms with Gasteiger partial charge in [0.15, 0.2) is 5.96 Å². The molecule has 1 aromatic carbocycles. The standard InChI is InChI=1S/C19H30N4O3.HI/c1-3-26-19(24)23-13-10-16(11-14-23)22-18(20)21-12-4-5-15-6-8-17(25-2)9-7-15;/h6-9,16H,3-5,10-14H2,1-2H3,(H3,20,21,22);1H. The Labute approximate surface area is 178 Å². The maximum atomic E-state index is 11.7. The Balaban J connectivity index is 0.00000364. The van der Waals surface area contributed by atoms with Crippen molar-refractivity contribution in [3.63, 3.8) is 0 Å². The predicted octanol–water partition coefficient (Wildman–Crippen LogP) is 2.77. The summed E-state index contributed by atoms with van der Waals surface area (Å²) < 4.78 is 10.2. The number of piperidine rings is 1. The zero-order valence-corrected chi connectivity index (χ0v) is 18.5. The Bertz CT molecular complexity index is 587. The number of hydrogen-bond donors (Lipinski definition) is 2. The number of benzene rings is 1. The van der Waals surface area contributed by atoms with Crippen LogP contribution in [-0.2, 0) is 11.2 Å². The van der Waals surface area contributed by atoms with Crippen molar-refractivity contribution in [3.8, 4) is 5.75 Å². The minimum atomic E-state index is -0.230. The number of halogens is 1. The maximum absolute atomic E-state index is 11.7. The second-order valence-electron chi connectivity index (χ2n) is 6.32. The molecule has 0 saturated carbocycles. The number of aryl methyl sites for hydroxylation is 1. The summed E-state index contributed by atoms with van der Waals surface area (Å²) in [6.45, 7) is 4.28. The molecule has 1 aromatic rings. The Morgan fingerprint density at radius 2 is 1.96 bits per heavy atom. The number of guanidine groups is 1. The fourth-order valence-electron chi connectivity index (χ4n) is 2.95. The summed E-state index contributed by atoms with van der Waals surface area (Å²) in [7, 11) is 1.67. The van der Waals surface area contributed by atoms with Gasteiger partial charge in [0, 0.05) is 25.7 Å². The summed E-state index contributed by atoms with van der Waals surface area (Å²) in [6.07, 6.45) is 3.36. The van der Waals surface area contributed by atoms with E-state index in [2.05, 4.69) is 22.4 Å². The molecule has 0 radical (unpaired) electrons. The fourth-order valence-corrected chi connectivity index (χ4v) is 2.95. The van der Waals surface area contributed by atoms with Gasteiger partial charge in [-0.2, -0.15) is 0 Å². The van der Waals surface area contributed by atoms with Crippen LogP contribution in [0.1, 0.15) is 31.7 Å². The first-order valence-corrected chi connectivity index (χ1v) is 9.23. The lowest BCUT2D eigenvalue weighted by molar-refractivity contribution is 0.0963. The number of aliphatic imine (C=N–C) groups is 1. The Kier molecular flexibility index (Phi) is 10.9. The summed E-state index contributed by atoms with van der Waals surface area (Å²) in [6, 6.07) is 8.34. The summed E-state index contributed by atoms with van der Waals surface area (Å²) in [4.78, 5) is 17.8. The topological polar surface area (TPSA) is 89.2 Å². The molecule has 1 aliphatic rings. The van der Waals surface area contributed by atoms with Crippen LogP contribution >= 0.6 is 24.0 Å². The Hall–Kier alpha value is -1.71. The van der Waals surface area contributed by atoms with Crippen molar-refractivity contribution in [2.45, 2.75) is 38.6 Å². The molecule has 7 nitrogen and oxygen atoms in total. The van der Waals surface area contributed by atoms with Gasteiger partial charge in [-0.3, -0.25) is 4.99 Å². The molecule has 0 unspecified atom stereocenters. The normalized spacial score (nSPS) is 15.0. The average molecular weight is 490 g/mol. The van der Waals surface area contributed by atoms with E-state index < -0.39 is 0 Å². The summed E-state index contributed by atoms with van der Waals surface area (Å²) in [5.41, 5.74) is 7.24. The van der Waals surface area contributed by atoms with Crippen LogP contribution in [-0.4, -0.2) is 56.3 Å². The van der Waals surface area contributed by atoms with E-state index in [1.165, 1.54) is 5.56 Å². The lowest BCUT2D eigenvalue weighted by Crippen LogP contribution is -2.48. The van der Waals surface area contributed by atoms with Gasteiger partial charge in [-0.1, -0.05) is 12.1 Å². The molecule has 1 amide bonds. The third kappa shape index (κ3) is 8.23. The molecule has 1 fully saturated rings. The molecule has 1 heterocycles. The lowest BCUT2D eigenvalue weighted by atomic mass is 10.1. The number of nitrogens with one attached hydrogen (secondary N) is 1. The van der Waals surface area contributed by atoms with E-state index in [-0.39, 0.29) is 36.1 Å². The highest BCUT2D eigenvalue weighted by atomic mass is 127. The Morgan fingerprint density at radius 1 is 1.30 bits per heavy atom. The number of amides is 1. The molecule has 27 heavy (non-hydrogen) atoms. The number of carbonyl (C=O) groups excluding carboxylic acids is 1. The first kappa shape index (κ1) is 23.3. The second-order valence-corrected chi connectivity index (χ2v) is 6.32. The van der Waals surface area contributed by atoms with Gasteiger partial charge in [-0.15, -0.1) is 24.0 Å². The lowest BCUT2D eigenvalue weighted by Gasteiger charge is -2.31. The van der Waals surface area contributed by atoms with Gasteiger partial charge in [0.05, 0.1) is 13.7 Å². The number of hydrogen-bond acceptors (Lipinski definition) is 4. The van der Waals surface area contributed by atoms with Crippen LogP contribution in [0.3, 0.4) is 0 Å². The van der Waals surface area contributed by atoms with Crippen molar-refractivity contribution in [3.05, 3.63) is 29.8 Å². The van der Waals surface area contributed by atoms with Crippen molar-refractivity contribution in [1.29, 1.82) is 0 Å². The van der Waals surface area contributed by atoms with Crippen molar-refractivity contribution in [2.75, 3.05) is 33.4 Å². The van der Waals surface area contributed by atoms with E-state index in [1.807, 2.05) is 19.1 Å². The first-order chi connectivity index (χ1) is 12.6. The van der Waals surface area contributed by atoms with Crippen LogP contribution in [0.5, 0.6) is 5.75 Å². The third-order valence-electron chi connectivity index (χ3n) is 4.44. The van der Waals surface area contributed by atoms with Gasteiger partial charge < -0.3 is 25.4 Å². The van der Waals surface area contributed by atoms with Gasteiger partial charge in [-0.05, 0) is 50.3 Å². The molecule has 8 heteroatoms. The van der Waals surface area contributed by atoms with Crippen LogP contribution in [0.15, 0.2) is 29.3 Å². The van der Waals surface area contributed by atoms with Gasteiger partial charge in [0.25, 0.3) is 0 Å². The van der Waals surface area contributed by atoms with E-state index in [1.54, 1.807) is 12.0 Å². The molecule has 0 bridgehead atoms. The molecule has 1 saturated heterocycles. The van der Waals surface area contributed by atoms with Gasteiger partial charge in [0.1, 0.15) is 5.75 Å². The quantitative estimate of drug-likeness (QED) is 0.266. The van der Waals surface area contributed by atoms with Crippen molar-refractivity contribution in [1.82, 2.24) is 10.2 Å². The average Bonchev–Trinajstić information content (AvgIpc) is 2.66. The van der Waals surface area contributed by atoms with E-state index in [4.69, 9.17) is 15.2 Å². The molecular weight excluding hydrogens is 459 g/mol. The van der Waals surface area contributed by atoms with Crippen LogP contribution in [0, 0.1) is 0 Å². The molecular formula is C19H31IN4O3. The van der Waals surface area contributed by atoms with Crippen LogP contribution in [0.2, 0.25) is 0 Å². The fraction of sp³-hybridized carbons (Fsp3) is 0.579. The zero-order valence-electron chi connectivity index (χ0n) is 16.1. The molecule has 1 aliphatic heterocycles. The first-order valence-electron chi connectivity index (χ1n) is 9.23. The zero-order chi connectivity index (χ0) is 18.8. The maximum Gasteiger partial charge on any atom is 0.409 e. The highest BCUT2D eigenvalue weighted by Gasteiger charge is 2.23. The molecule has 2 rings (SSSR count). The van der Waals surface area contributed by atoms with Crippen molar-refractivity contribution in [2.24, 2.45) is 10.7 Å². The van der Waals surface area contributed by atoms with Crippen molar-refractivity contribution >= 4 is 36.0 Å². The molecule has 152 valence electrons. The minimum absolute atomic E-state index is 0. The van der Waals surface area contributed by atoms with Crippen LogP contribution in [0.25, 0.3) is 0 Å². The SMILES string of the molecule is CCOC(=O)N1CCC(NC(N)=NCCCc2ccc(OC)cc2)CC1.I. The second kappa shape index (κ2) is 12.6. The third-order valence-corrected chi connectivity index (χ3v) is 4.44. The summed E-state index contributed by atoms with van der Waals surface area (Å²) in [5.74, 6) is 1.35. The van der Waals surface area contributed by atoms with Gasteiger partial charge in [0.2, 0.25) is 0 Å². The van der Waals surface area contributed by atoms with Crippen LogP contribution in [0.4, 0.5) is 4.79 Å². The van der Waals surface area contributed by atoms with Crippen molar-refractivity contribution < 1.29 is 14.3 Å². The van der Waals surface area contributed by atoms with E-state index in [0.717, 1.165) is 31.4 Å². The van der Waals surface area contributed by atoms with Gasteiger partial charge in [-0.25, -0.2) is 4.79 Å². The van der Waals surface area contributed by atoms with E-state index in [9.17, 15) is 4.79 Å². The highest BCUT2D eigenvalue weighted by molar-refractivity contribution is 14.0. The molecule has 0 atom stereocenters. The summed E-state index contributed by atoms with van der Waals surface area (Å²) >= 11 is 0. The number of likely N-dealkylation sites (tertiary alicyclic amines) is 1. The monoisotopic (exact) mass is 490 g/mol. The Morgan fingerprint density at radius 3 is 2.56 bits per heavy atom. The number of nitrogens with zero attached hydrogens (tertiary/aromatic N) is 2. The van der Waals surface area contributed by atoms with E-state index in [0.29, 0.717) is 32.2 Å². The summed E-state index contributed by atoms with van der Waals surface area (Å²) in [5, 5.41) is 3.26. The predicted molar refractivity (Wildman–Crippen MR) is 118 cm³/mol. The number of ether oxygens (including phenoxy) is 2. The smallest absolute Gasteiger partial charge is 0.409 e. The molecule has 0 aliphatic carbocycles. The number of methoxy groups -OCH3 is 1. The molecule has 0 spiro atoms. The van der Waals surface area contributed by atoms with Crippen LogP contribution < -0.4 is 15.8 Å². The largest absolute Gasteiger partial charge is 0.497 e.